The molecule has 0 spiro atoms. The van der Waals surface area contributed by atoms with E-state index < -0.39 is 0 Å². The second kappa shape index (κ2) is 6.30. The highest BCUT2D eigenvalue weighted by atomic mass is 14.9. The minimum absolute atomic E-state index is 0.459. The summed E-state index contributed by atoms with van der Waals surface area (Å²) < 4.78 is 0. The standard InChI is InChI=1S/C19H31N/c1-14-8-9-15(2)18(13-14)16(3)20-17-7-6-11-19(4,5)12-10-17/h8-9,13,16-17,20H,6-7,10-12H2,1-5H3. The maximum Gasteiger partial charge on any atom is 0.0297 e. The van der Waals surface area contributed by atoms with Gasteiger partial charge in [-0.2, -0.15) is 0 Å². The third-order valence-corrected chi connectivity index (χ3v) is 4.96. The summed E-state index contributed by atoms with van der Waals surface area (Å²) in [7, 11) is 0. The normalized spacial score (nSPS) is 24.1. The predicted molar refractivity (Wildman–Crippen MR) is 88.1 cm³/mol. The number of benzene rings is 1. The molecular formula is C19H31N. The lowest BCUT2D eigenvalue weighted by atomic mass is 9.85. The maximum atomic E-state index is 3.88. The van der Waals surface area contributed by atoms with Crippen LogP contribution in [0.25, 0.3) is 0 Å². The van der Waals surface area contributed by atoms with Gasteiger partial charge < -0.3 is 5.32 Å². The molecule has 1 fully saturated rings. The number of nitrogens with one attached hydrogen (secondary N) is 1. The summed E-state index contributed by atoms with van der Waals surface area (Å²) in [5.41, 5.74) is 4.78. The molecule has 112 valence electrons. The van der Waals surface area contributed by atoms with Crippen molar-refractivity contribution < 1.29 is 0 Å². The Balaban J connectivity index is 2.00. The molecule has 2 rings (SSSR count). The average Bonchev–Trinajstić information content (AvgIpc) is 2.54. The van der Waals surface area contributed by atoms with E-state index in [1.807, 2.05) is 0 Å². The first-order chi connectivity index (χ1) is 9.37. The average molecular weight is 273 g/mol. The minimum atomic E-state index is 0.459. The van der Waals surface area contributed by atoms with Gasteiger partial charge in [0.25, 0.3) is 0 Å². The molecule has 1 aromatic carbocycles. The third-order valence-electron chi connectivity index (χ3n) is 4.96. The molecule has 0 radical (unpaired) electrons. The first kappa shape index (κ1) is 15.6. The van der Waals surface area contributed by atoms with Gasteiger partial charge in [0, 0.05) is 12.1 Å². The summed E-state index contributed by atoms with van der Waals surface area (Å²) in [5.74, 6) is 0. The monoisotopic (exact) mass is 273 g/mol. The van der Waals surface area contributed by atoms with Crippen LogP contribution in [-0.4, -0.2) is 6.04 Å². The highest BCUT2D eigenvalue weighted by molar-refractivity contribution is 5.32. The van der Waals surface area contributed by atoms with E-state index in [0.717, 1.165) is 0 Å². The van der Waals surface area contributed by atoms with Crippen LogP contribution < -0.4 is 5.32 Å². The Morgan fingerprint density at radius 3 is 2.65 bits per heavy atom. The van der Waals surface area contributed by atoms with Crippen molar-refractivity contribution in [1.29, 1.82) is 0 Å². The van der Waals surface area contributed by atoms with Gasteiger partial charge in [0.2, 0.25) is 0 Å². The molecule has 0 heterocycles. The zero-order valence-corrected chi connectivity index (χ0v) is 13.9. The van der Waals surface area contributed by atoms with Crippen molar-refractivity contribution in [1.82, 2.24) is 5.32 Å². The minimum Gasteiger partial charge on any atom is -0.307 e. The van der Waals surface area contributed by atoms with Crippen molar-refractivity contribution in [2.24, 2.45) is 5.41 Å². The molecule has 1 heteroatoms. The van der Waals surface area contributed by atoms with Crippen molar-refractivity contribution in [2.45, 2.75) is 78.8 Å². The molecule has 0 saturated heterocycles. The number of hydrogen-bond donors (Lipinski definition) is 1. The van der Waals surface area contributed by atoms with Crippen LogP contribution in [-0.2, 0) is 0 Å². The van der Waals surface area contributed by atoms with Crippen molar-refractivity contribution in [3.8, 4) is 0 Å². The SMILES string of the molecule is Cc1ccc(C)c(C(C)NC2CCCC(C)(C)CC2)c1. The Bertz CT molecular complexity index is 447. The van der Waals surface area contributed by atoms with Crippen LogP contribution in [0.1, 0.15) is 75.6 Å². The zero-order valence-electron chi connectivity index (χ0n) is 13.9. The predicted octanol–water partition coefficient (Wildman–Crippen LogP) is 5.31. The molecule has 1 N–H and O–H groups in total. The molecule has 1 nitrogen and oxygen atoms in total. The van der Waals surface area contributed by atoms with Gasteiger partial charge in [-0.25, -0.2) is 0 Å². The molecule has 1 aromatic rings. The van der Waals surface area contributed by atoms with Crippen molar-refractivity contribution in [2.75, 3.05) is 0 Å². The summed E-state index contributed by atoms with van der Waals surface area (Å²) in [5, 5.41) is 3.88. The second-order valence-electron chi connectivity index (χ2n) is 7.54. The summed E-state index contributed by atoms with van der Waals surface area (Å²) in [6.07, 6.45) is 6.75. The zero-order chi connectivity index (χ0) is 14.8. The van der Waals surface area contributed by atoms with Gasteiger partial charge >= 0.3 is 0 Å². The number of hydrogen-bond acceptors (Lipinski definition) is 1. The number of aryl methyl sites for hydroxylation is 2. The van der Waals surface area contributed by atoms with Gasteiger partial charge in [-0.3, -0.25) is 0 Å². The fraction of sp³-hybridized carbons (Fsp3) is 0.684. The first-order valence-electron chi connectivity index (χ1n) is 8.21. The summed E-state index contributed by atoms with van der Waals surface area (Å²) in [6.45, 7) is 11.6. The Morgan fingerprint density at radius 2 is 1.90 bits per heavy atom. The van der Waals surface area contributed by atoms with E-state index in [1.54, 1.807) is 0 Å². The highest BCUT2D eigenvalue weighted by Gasteiger charge is 2.25. The molecule has 1 aliphatic carbocycles. The van der Waals surface area contributed by atoms with Gasteiger partial charge in [0.05, 0.1) is 0 Å². The van der Waals surface area contributed by atoms with Gasteiger partial charge in [-0.05, 0) is 63.0 Å². The third kappa shape index (κ3) is 4.09. The molecule has 20 heavy (non-hydrogen) atoms. The van der Waals surface area contributed by atoms with Crippen LogP contribution in [0.15, 0.2) is 18.2 Å². The lowest BCUT2D eigenvalue weighted by Crippen LogP contribution is -2.31. The quantitative estimate of drug-likeness (QED) is 0.736. The van der Waals surface area contributed by atoms with Gasteiger partial charge in [-0.1, -0.05) is 44.0 Å². The van der Waals surface area contributed by atoms with Crippen molar-refractivity contribution in [3.05, 3.63) is 34.9 Å². The van der Waals surface area contributed by atoms with Crippen LogP contribution in [0.5, 0.6) is 0 Å². The molecule has 2 atom stereocenters. The summed E-state index contributed by atoms with van der Waals surface area (Å²) >= 11 is 0. The van der Waals surface area contributed by atoms with E-state index in [9.17, 15) is 0 Å². The lowest BCUT2D eigenvalue weighted by molar-refractivity contribution is 0.307. The van der Waals surface area contributed by atoms with Crippen molar-refractivity contribution >= 4 is 0 Å². The molecule has 0 aromatic heterocycles. The van der Waals surface area contributed by atoms with E-state index in [2.05, 4.69) is 58.1 Å². The number of rotatable bonds is 3. The molecule has 0 amide bonds. The van der Waals surface area contributed by atoms with E-state index in [4.69, 9.17) is 0 Å². The van der Waals surface area contributed by atoms with E-state index in [1.165, 1.54) is 48.8 Å². The Labute approximate surface area is 125 Å². The molecule has 1 aliphatic rings. The molecule has 0 bridgehead atoms. The molecular weight excluding hydrogens is 242 g/mol. The Morgan fingerprint density at radius 1 is 1.15 bits per heavy atom. The largest absolute Gasteiger partial charge is 0.307 e. The van der Waals surface area contributed by atoms with E-state index >= 15 is 0 Å². The van der Waals surface area contributed by atoms with Gasteiger partial charge in [0.15, 0.2) is 0 Å². The first-order valence-corrected chi connectivity index (χ1v) is 8.21. The van der Waals surface area contributed by atoms with Crippen LogP contribution in [0, 0.1) is 19.3 Å². The van der Waals surface area contributed by atoms with E-state index in [0.29, 0.717) is 17.5 Å². The molecule has 0 aliphatic heterocycles. The van der Waals surface area contributed by atoms with Gasteiger partial charge in [-0.15, -0.1) is 0 Å². The summed E-state index contributed by atoms with van der Waals surface area (Å²) in [4.78, 5) is 0. The van der Waals surface area contributed by atoms with Crippen LogP contribution in [0.3, 0.4) is 0 Å². The van der Waals surface area contributed by atoms with Gasteiger partial charge in [0.1, 0.15) is 0 Å². The molecule has 1 saturated carbocycles. The Kier molecular flexibility index (Phi) is 4.90. The van der Waals surface area contributed by atoms with Crippen LogP contribution in [0.4, 0.5) is 0 Å². The molecule has 2 unspecified atom stereocenters. The van der Waals surface area contributed by atoms with Crippen LogP contribution >= 0.6 is 0 Å². The highest BCUT2D eigenvalue weighted by Crippen LogP contribution is 2.34. The smallest absolute Gasteiger partial charge is 0.0297 e. The van der Waals surface area contributed by atoms with Crippen molar-refractivity contribution in [3.63, 3.8) is 0 Å². The van der Waals surface area contributed by atoms with Crippen LogP contribution in [0.2, 0.25) is 0 Å². The summed E-state index contributed by atoms with van der Waals surface area (Å²) in [6, 6.07) is 7.94. The fourth-order valence-electron chi connectivity index (χ4n) is 3.50. The lowest BCUT2D eigenvalue weighted by Gasteiger charge is -2.25. The van der Waals surface area contributed by atoms with E-state index in [-0.39, 0.29) is 0 Å². The second-order valence-corrected chi connectivity index (χ2v) is 7.54. The Hall–Kier alpha value is -0.820. The maximum absolute atomic E-state index is 3.88. The topological polar surface area (TPSA) is 12.0 Å². The fourth-order valence-corrected chi connectivity index (χ4v) is 3.50.